The number of hydrogen-bond donors (Lipinski definition) is 2. The first-order valence-corrected chi connectivity index (χ1v) is 6.52. The third kappa shape index (κ3) is 3.98. The molecule has 1 aromatic carbocycles. The Morgan fingerprint density at radius 3 is 2.00 bits per heavy atom. The highest BCUT2D eigenvalue weighted by Gasteiger charge is 2.20. The summed E-state index contributed by atoms with van der Waals surface area (Å²) in [6.07, 6.45) is 0.367. The molecule has 5 nitrogen and oxygen atoms in total. The van der Waals surface area contributed by atoms with Gasteiger partial charge in [-0.05, 0) is 43.9 Å². The Bertz CT molecular complexity index is 474. The minimum absolute atomic E-state index is 0.0206. The molecule has 0 unspecified atom stereocenters. The molecule has 0 aliphatic heterocycles. The van der Waals surface area contributed by atoms with Crippen LogP contribution in [0.1, 0.15) is 54.0 Å². The fourth-order valence-electron chi connectivity index (χ4n) is 1.95. The molecule has 0 amide bonds. The van der Waals surface area contributed by atoms with Crippen molar-refractivity contribution in [3.63, 3.8) is 0 Å². The van der Waals surface area contributed by atoms with Crippen LogP contribution in [0.15, 0.2) is 12.1 Å². The summed E-state index contributed by atoms with van der Waals surface area (Å²) in [4.78, 5) is 22.5. The van der Waals surface area contributed by atoms with Gasteiger partial charge in [-0.3, -0.25) is 0 Å². The third-order valence-electron chi connectivity index (χ3n) is 2.66. The predicted octanol–water partition coefficient (Wildman–Crippen LogP) is 3.07. The Hall–Kier alpha value is -2.04. The van der Waals surface area contributed by atoms with Crippen molar-refractivity contribution in [3.8, 4) is 5.75 Å². The molecule has 0 heterocycles. The second kappa shape index (κ2) is 6.41. The van der Waals surface area contributed by atoms with Crippen molar-refractivity contribution >= 4 is 11.9 Å². The molecule has 0 saturated carbocycles. The molecule has 0 atom stereocenters. The van der Waals surface area contributed by atoms with Gasteiger partial charge in [-0.25, -0.2) is 9.59 Å². The maximum atomic E-state index is 11.3. The van der Waals surface area contributed by atoms with Crippen LogP contribution in [0.2, 0.25) is 0 Å². The molecule has 1 aromatic rings. The molecular formula is C15H20O5. The van der Waals surface area contributed by atoms with Crippen LogP contribution in [0.4, 0.5) is 0 Å². The van der Waals surface area contributed by atoms with Gasteiger partial charge < -0.3 is 14.9 Å². The fraction of sp³-hybridized carbons (Fsp3) is 0.467. The van der Waals surface area contributed by atoms with E-state index in [1.165, 1.54) is 12.1 Å². The zero-order chi connectivity index (χ0) is 15.4. The predicted molar refractivity (Wildman–Crippen MR) is 74.7 cm³/mol. The summed E-state index contributed by atoms with van der Waals surface area (Å²) in [7, 11) is 0. The van der Waals surface area contributed by atoms with Crippen LogP contribution >= 0.6 is 0 Å². The van der Waals surface area contributed by atoms with Crippen molar-refractivity contribution in [2.75, 3.05) is 0 Å². The zero-order valence-electron chi connectivity index (χ0n) is 12.1. The summed E-state index contributed by atoms with van der Waals surface area (Å²) in [5, 5.41) is 18.4. The summed E-state index contributed by atoms with van der Waals surface area (Å²) in [5.41, 5.74) is 0.490. The molecule has 0 saturated heterocycles. The third-order valence-corrected chi connectivity index (χ3v) is 2.66. The Balaban J connectivity index is 3.42. The average molecular weight is 280 g/mol. The van der Waals surface area contributed by atoms with E-state index < -0.39 is 11.9 Å². The maximum absolute atomic E-state index is 11.3. The van der Waals surface area contributed by atoms with Gasteiger partial charge in [0.1, 0.15) is 11.3 Å². The number of hydrogen-bond acceptors (Lipinski definition) is 3. The second-order valence-corrected chi connectivity index (χ2v) is 5.38. The summed E-state index contributed by atoms with van der Waals surface area (Å²) < 4.78 is 5.49. The lowest BCUT2D eigenvalue weighted by molar-refractivity contribution is 0.0690. The fourth-order valence-corrected chi connectivity index (χ4v) is 1.95. The summed E-state index contributed by atoms with van der Waals surface area (Å²) >= 11 is 0. The molecule has 5 heteroatoms. The van der Waals surface area contributed by atoms with Crippen LogP contribution in [-0.4, -0.2) is 28.3 Å². The van der Waals surface area contributed by atoms with E-state index in [4.69, 9.17) is 4.74 Å². The minimum atomic E-state index is -1.20. The van der Waals surface area contributed by atoms with E-state index in [1.807, 2.05) is 13.8 Å². The Morgan fingerprint density at radius 2 is 1.60 bits per heavy atom. The summed E-state index contributed by atoms with van der Waals surface area (Å²) in [5.74, 6) is -1.85. The molecule has 2 N–H and O–H groups in total. The van der Waals surface area contributed by atoms with Crippen LogP contribution in [-0.2, 0) is 6.42 Å². The smallest absolute Gasteiger partial charge is 0.339 e. The first-order chi connectivity index (χ1) is 9.22. The second-order valence-electron chi connectivity index (χ2n) is 5.38. The number of rotatable bonds is 6. The monoisotopic (exact) mass is 280 g/mol. The summed E-state index contributed by atoms with van der Waals surface area (Å²) in [6, 6.07) is 2.72. The van der Waals surface area contributed by atoms with Gasteiger partial charge in [0, 0.05) is 0 Å². The zero-order valence-corrected chi connectivity index (χ0v) is 12.1. The van der Waals surface area contributed by atoms with Gasteiger partial charge in [-0.1, -0.05) is 13.8 Å². The van der Waals surface area contributed by atoms with Crippen molar-refractivity contribution in [1.82, 2.24) is 0 Å². The highest BCUT2D eigenvalue weighted by molar-refractivity contribution is 5.97. The van der Waals surface area contributed by atoms with Crippen LogP contribution in [0.3, 0.4) is 0 Å². The van der Waals surface area contributed by atoms with E-state index in [2.05, 4.69) is 0 Å². The van der Waals surface area contributed by atoms with E-state index >= 15 is 0 Å². The highest BCUT2D eigenvalue weighted by atomic mass is 16.5. The van der Waals surface area contributed by atoms with Crippen molar-refractivity contribution in [3.05, 3.63) is 28.8 Å². The minimum Gasteiger partial charge on any atom is -0.490 e. The molecule has 0 aliphatic rings. The lowest BCUT2D eigenvalue weighted by Crippen LogP contribution is -2.14. The number of aromatic carboxylic acids is 2. The molecule has 0 spiro atoms. The maximum Gasteiger partial charge on any atom is 0.339 e. The van der Waals surface area contributed by atoms with Crippen molar-refractivity contribution < 1.29 is 24.5 Å². The molecule has 0 radical (unpaired) electrons. The number of carboxylic acids is 2. The highest BCUT2D eigenvalue weighted by Crippen LogP contribution is 2.27. The molecule has 20 heavy (non-hydrogen) atoms. The Labute approximate surface area is 118 Å². The Kier molecular flexibility index (Phi) is 5.13. The molecule has 1 rings (SSSR count). The van der Waals surface area contributed by atoms with E-state index in [0.29, 0.717) is 12.0 Å². The van der Waals surface area contributed by atoms with E-state index in [9.17, 15) is 19.8 Å². The van der Waals surface area contributed by atoms with Gasteiger partial charge in [-0.2, -0.15) is 0 Å². The molecule has 0 fully saturated rings. The van der Waals surface area contributed by atoms with Crippen LogP contribution < -0.4 is 4.74 Å². The lowest BCUT2D eigenvalue weighted by Gasteiger charge is -2.16. The van der Waals surface area contributed by atoms with Crippen molar-refractivity contribution in [2.45, 2.75) is 40.2 Å². The van der Waals surface area contributed by atoms with Gasteiger partial charge in [0.25, 0.3) is 0 Å². The van der Waals surface area contributed by atoms with E-state index in [-0.39, 0.29) is 28.9 Å². The van der Waals surface area contributed by atoms with Gasteiger partial charge in [0.05, 0.1) is 11.7 Å². The molecular weight excluding hydrogens is 260 g/mol. The number of carbonyl (C=O) groups is 2. The number of ether oxygens (including phenoxy) is 1. The van der Waals surface area contributed by atoms with E-state index in [0.717, 1.165) is 0 Å². The molecule has 0 aromatic heterocycles. The van der Waals surface area contributed by atoms with Crippen molar-refractivity contribution in [1.29, 1.82) is 0 Å². The van der Waals surface area contributed by atoms with Crippen LogP contribution in [0.25, 0.3) is 0 Å². The first-order valence-electron chi connectivity index (χ1n) is 6.52. The van der Waals surface area contributed by atoms with Crippen molar-refractivity contribution in [2.24, 2.45) is 5.92 Å². The molecule has 110 valence electrons. The SMILES string of the molecule is CC(C)Cc1cc(OC(C)C)c(C(=O)O)cc1C(=O)O. The van der Waals surface area contributed by atoms with E-state index in [1.54, 1.807) is 13.8 Å². The van der Waals surface area contributed by atoms with Gasteiger partial charge in [0.15, 0.2) is 0 Å². The summed E-state index contributed by atoms with van der Waals surface area (Å²) in [6.45, 7) is 7.52. The molecule has 0 bridgehead atoms. The van der Waals surface area contributed by atoms with Crippen LogP contribution in [0, 0.1) is 5.92 Å². The largest absolute Gasteiger partial charge is 0.490 e. The topological polar surface area (TPSA) is 83.8 Å². The number of carboxylic acid groups (broad SMARTS) is 2. The quantitative estimate of drug-likeness (QED) is 0.836. The van der Waals surface area contributed by atoms with Crippen LogP contribution in [0.5, 0.6) is 5.75 Å². The average Bonchev–Trinajstić information content (AvgIpc) is 2.26. The first kappa shape index (κ1) is 16.0. The lowest BCUT2D eigenvalue weighted by atomic mass is 9.95. The molecule has 0 aliphatic carbocycles. The standard InChI is InChI=1S/C15H20O5/c1-8(2)5-10-6-13(20-9(3)4)12(15(18)19)7-11(10)14(16)17/h6-9H,5H2,1-4H3,(H,16,17)(H,18,19). The Morgan fingerprint density at radius 1 is 1.05 bits per heavy atom. The normalized spacial score (nSPS) is 10.9. The van der Waals surface area contributed by atoms with Gasteiger partial charge in [-0.15, -0.1) is 0 Å². The van der Waals surface area contributed by atoms with Gasteiger partial charge in [0.2, 0.25) is 0 Å². The number of benzene rings is 1. The van der Waals surface area contributed by atoms with Gasteiger partial charge >= 0.3 is 11.9 Å².